The van der Waals surface area contributed by atoms with Gasteiger partial charge in [-0.05, 0) is 66.2 Å². The molecule has 0 fully saturated rings. The summed E-state index contributed by atoms with van der Waals surface area (Å²) in [5, 5.41) is -0.0237. The highest BCUT2D eigenvalue weighted by atomic mass is 32.1. The minimum Gasteiger partial charge on any atom is -0.376 e. The average Bonchev–Trinajstić information content (AvgIpc) is 2.75. The number of hydrogen-bond donors (Lipinski definition) is 1. The normalized spacial score (nSPS) is 11.2. The van der Waals surface area contributed by atoms with Gasteiger partial charge in [-0.1, -0.05) is 49.4 Å². The molecule has 3 rings (SSSR count). The molecule has 0 heterocycles. The molecule has 0 saturated heterocycles. The zero-order valence-corrected chi connectivity index (χ0v) is 17.3. The highest BCUT2D eigenvalue weighted by Gasteiger charge is 2.31. The van der Waals surface area contributed by atoms with Crippen LogP contribution in [0.25, 0.3) is 0 Å². The van der Waals surface area contributed by atoms with Gasteiger partial charge in [0.2, 0.25) is 0 Å². The molecule has 0 atom stereocenters. The molecule has 6 heteroatoms. The number of hydrogen-bond acceptors (Lipinski definition) is 2. The Bertz CT molecular complexity index is 976. The monoisotopic (exact) mass is 424 g/mol. The molecule has 0 radical (unpaired) electrons. The first kappa shape index (κ1) is 21.6. The third-order valence-corrected chi connectivity index (χ3v) is 5.55. The first-order chi connectivity index (χ1) is 14.3. The number of nitrogens with two attached hydrogens (primary N) is 1. The lowest BCUT2D eigenvalue weighted by molar-refractivity contribution is 0.0843. The lowest BCUT2D eigenvalue weighted by Crippen LogP contribution is -2.43. The van der Waals surface area contributed by atoms with Crippen LogP contribution in [0, 0.1) is 11.6 Å². The third kappa shape index (κ3) is 4.71. The smallest absolute Gasteiger partial charge is 0.260 e. The van der Waals surface area contributed by atoms with Crippen LogP contribution >= 0.6 is 12.2 Å². The summed E-state index contributed by atoms with van der Waals surface area (Å²) >= 11 is 5.13. The molecule has 3 aromatic rings. The molecular weight excluding hydrogens is 402 g/mol. The van der Waals surface area contributed by atoms with Gasteiger partial charge in [0.1, 0.15) is 11.6 Å². The minimum absolute atomic E-state index is 0.0237. The molecule has 30 heavy (non-hydrogen) atoms. The van der Waals surface area contributed by atoms with E-state index in [-0.39, 0.29) is 29.2 Å². The maximum Gasteiger partial charge on any atom is 0.260 e. The second-order valence-corrected chi connectivity index (χ2v) is 7.68. The molecule has 0 aromatic heterocycles. The summed E-state index contributed by atoms with van der Waals surface area (Å²) in [7, 11) is 0. The molecule has 3 aromatic carbocycles. The fourth-order valence-electron chi connectivity index (χ4n) is 3.47. The number of halogens is 2. The summed E-state index contributed by atoms with van der Waals surface area (Å²) in [5.74, 6) is -0.975. The Labute approximate surface area is 180 Å². The minimum atomic E-state index is -0.624. The van der Waals surface area contributed by atoms with Crippen molar-refractivity contribution in [1.82, 2.24) is 4.90 Å². The number of amides is 1. The Kier molecular flexibility index (Phi) is 6.57. The summed E-state index contributed by atoms with van der Waals surface area (Å²) in [6.45, 7) is 2.21. The van der Waals surface area contributed by atoms with Gasteiger partial charge >= 0.3 is 0 Å². The molecule has 0 aliphatic rings. The molecule has 0 aliphatic carbocycles. The van der Waals surface area contributed by atoms with Crippen LogP contribution in [0.3, 0.4) is 0 Å². The highest BCUT2D eigenvalue weighted by Crippen LogP contribution is 2.36. The maximum absolute atomic E-state index is 13.5. The van der Waals surface area contributed by atoms with E-state index in [0.717, 1.165) is 11.1 Å². The van der Waals surface area contributed by atoms with Crippen LogP contribution in [0.5, 0.6) is 0 Å². The molecule has 0 bridgehead atoms. The number of rotatable bonds is 6. The van der Waals surface area contributed by atoms with Crippen molar-refractivity contribution in [2.45, 2.75) is 18.8 Å². The summed E-state index contributed by atoms with van der Waals surface area (Å²) in [4.78, 5) is 14.3. The van der Waals surface area contributed by atoms with Crippen LogP contribution < -0.4 is 5.73 Å². The van der Waals surface area contributed by atoms with Gasteiger partial charge < -0.3 is 5.73 Å². The van der Waals surface area contributed by atoms with Crippen LogP contribution in [0.15, 0.2) is 78.9 Å². The van der Waals surface area contributed by atoms with Crippen LogP contribution in [-0.4, -0.2) is 22.5 Å². The predicted octanol–water partition coefficient (Wildman–Crippen LogP) is 5.05. The SMILES string of the molecule is CC(CCN(C(=O)c1ccccc1)C(N)=S)(c1ccc(F)cc1)c1ccc(F)cc1. The van der Waals surface area contributed by atoms with Gasteiger partial charge in [0.15, 0.2) is 5.11 Å². The van der Waals surface area contributed by atoms with Gasteiger partial charge in [0.25, 0.3) is 5.91 Å². The Morgan fingerprint density at radius 1 is 0.900 bits per heavy atom. The first-order valence-electron chi connectivity index (χ1n) is 9.50. The van der Waals surface area contributed by atoms with E-state index in [1.54, 1.807) is 48.5 Å². The van der Waals surface area contributed by atoms with Crippen LogP contribution in [-0.2, 0) is 5.41 Å². The molecule has 154 valence electrons. The topological polar surface area (TPSA) is 46.3 Å². The molecule has 1 amide bonds. The molecule has 0 spiro atoms. The van der Waals surface area contributed by atoms with E-state index >= 15 is 0 Å². The van der Waals surface area contributed by atoms with Crippen molar-refractivity contribution in [3.8, 4) is 0 Å². The fourth-order valence-corrected chi connectivity index (χ4v) is 3.65. The Morgan fingerprint density at radius 2 is 1.37 bits per heavy atom. The molecule has 0 saturated carbocycles. The van der Waals surface area contributed by atoms with Gasteiger partial charge in [0, 0.05) is 17.5 Å². The second kappa shape index (κ2) is 9.13. The van der Waals surface area contributed by atoms with Crippen LogP contribution in [0.2, 0.25) is 0 Å². The van der Waals surface area contributed by atoms with Crippen molar-refractivity contribution in [1.29, 1.82) is 0 Å². The third-order valence-electron chi connectivity index (χ3n) is 5.33. The van der Waals surface area contributed by atoms with Crippen LogP contribution in [0.1, 0.15) is 34.8 Å². The Balaban J connectivity index is 1.94. The zero-order chi connectivity index (χ0) is 21.7. The summed E-state index contributed by atoms with van der Waals surface area (Å²) in [6.07, 6.45) is 0.445. The van der Waals surface area contributed by atoms with E-state index in [9.17, 15) is 13.6 Å². The molecule has 3 nitrogen and oxygen atoms in total. The predicted molar refractivity (Wildman–Crippen MR) is 118 cm³/mol. The zero-order valence-electron chi connectivity index (χ0n) is 16.5. The molecule has 2 N–H and O–H groups in total. The quantitative estimate of drug-likeness (QED) is 0.564. The Hall–Kier alpha value is -3.12. The number of carbonyl (C=O) groups excluding carboxylic acids is 1. The summed E-state index contributed by atoms with van der Waals surface area (Å²) in [6, 6.07) is 21.1. The van der Waals surface area contributed by atoms with Gasteiger partial charge in [-0.25, -0.2) is 8.78 Å². The van der Waals surface area contributed by atoms with Gasteiger partial charge in [-0.15, -0.1) is 0 Å². The Morgan fingerprint density at radius 3 is 1.80 bits per heavy atom. The molecule has 0 unspecified atom stereocenters. The fraction of sp³-hybridized carbons (Fsp3) is 0.167. The van der Waals surface area contributed by atoms with Gasteiger partial charge in [-0.2, -0.15) is 0 Å². The number of carbonyl (C=O) groups is 1. The van der Waals surface area contributed by atoms with Crippen molar-refractivity contribution in [2.75, 3.05) is 6.54 Å². The van der Waals surface area contributed by atoms with Crippen molar-refractivity contribution in [2.24, 2.45) is 5.73 Å². The van der Waals surface area contributed by atoms with E-state index in [0.29, 0.717) is 12.0 Å². The van der Waals surface area contributed by atoms with Crippen molar-refractivity contribution >= 4 is 23.2 Å². The highest BCUT2D eigenvalue weighted by molar-refractivity contribution is 7.80. The maximum atomic E-state index is 13.5. The van der Waals surface area contributed by atoms with E-state index < -0.39 is 5.41 Å². The standard InChI is InChI=1S/C24H22F2N2OS/c1-24(18-7-11-20(25)12-8-18,19-9-13-21(26)14-10-19)15-16-28(23(27)30)22(29)17-5-3-2-4-6-17/h2-14H,15-16H2,1H3,(H2,27,30). The van der Waals surface area contributed by atoms with Gasteiger partial charge in [0.05, 0.1) is 0 Å². The average molecular weight is 425 g/mol. The summed E-state index contributed by atoms with van der Waals surface area (Å²) in [5.41, 5.74) is 7.39. The number of benzene rings is 3. The summed E-state index contributed by atoms with van der Waals surface area (Å²) < 4.78 is 27.0. The van der Waals surface area contributed by atoms with Crippen molar-refractivity contribution < 1.29 is 13.6 Å². The number of thiocarbonyl (C=S) groups is 1. The van der Waals surface area contributed by atoms with E-state index in [1.165, 1.54) is 29.2 Å². The molecule has 0 aliphatic heterocycles. The number of nitrogens with zero attached hydrogens (tertiary/aromatic N) is 1. The van der Waals surface area contributed by atoms with Gasteiger partial charge in [-0.3, -0.25) is 9.69 Å². The second-order valence-electron chi connectivity index (χ2n) is 7.26. The van der Waals surface area contributed by atoms with Crippen LogP contribution in [0.4, 0.5) is 8.78 Å². The molecular formula is C24H22F2N2OS. The largest absolute Gasteiger partial charge is 0.376 e. The van der Waals surface area contributed by atoms with Crippen molar-refractivity contribution in [3.63, 3.8) is 0 Å². The van der Waals surface area contributed by atoms with E-state index in [1.807, 2.05) is 13.0 Å². The van der Waals surface area contributed by atoms with Crippen molar-refractivity contribution in [3.05, 3.63) is 107 Å². The lowest BCUT2D eigenvalue weighted by atomic mass is 9.73. The lowest BCUT2D eigenvalue weighted by Gasteiger charge is -2.33. The van der Waals surface area contributed by atoms with E-state index in [4.69, 9.17) is 18.0 Å². The first-order valence-corrected chi connectivity index (χ1v) is 9.90. The van der Waals surface area contributed by atoms with E-state index in [2.05, 4.69) is 0 Å².